The van der Waals surface area contributed by atoms with Crippen LogP contribution in [0, 0.1) is 17.3 Å². The highest BCUT2D eigenvalue weighted by atomic mass is 15.2. The molecule has 2 aliphatic rings. The second-order valence-corrected chi connectivity index (χ2v) is 8.55. The molecule has 0 unspecified atom stereocenters. The van der Waals surface area contributed by atoms with Gasteiger partial charge >= 0.3 is 0 Å². The number of hydrogen-bond acceptors (Lipinski definition) is 2. The van der Waals surface area contributed by atoms with Gasteiger partial charge in [0.2, 0.25) is 0 Å². The topological polar surface area (TPSA) is 6.48 Å². The Labute approximate surface area is 114 Å². The average molecular weight is 252 g/mol. The van der Waals surface area contributed by atoms with Gasteiger partial charge in [-0.25, -0.2) is 0 Å². The largest absolute Gasteiger partial charge is 0.302 e. The molecule has 2 fully saturated rings. The third kappa shape index (κ3) is 3.27. The van der Waals surface area contributed by atoms with E-state index in [1.54, 1.807) is 0 Å². The predicted molar refractivity (Wildman–Crippen MR) is 78.8 cm³/mol. The molecule has 0 aromatic heterocycles. The highest BCUT2D eigenvalue weighted by Gasteiger charge is 2.38. The van der Waals surface area contributed by atoms with E-state index in [0.29, 0.717) is 11.0 Å². The van der Waals surface area contributed by atoms with E-state index in [1.165, 1.54) is 39.1 Å². The first-order valence-corrected chi connectivity index (χ1v) is 7.63. The van der Waals surface area contributed by atoms with Crippen molar-refractivity contribution in [3.63, 3.8) is 0 Å². The van der Waals surface area contributed by atoms with E-state index in [1.807, 2.05) is 0 Å². The zero-order valence-electron chi connectivity index (χ0n) is 13.3. The lowest BCUT2D eigenvalue weighted by Crippen LogP contribution is -2.53. The van der Waals surface area contributed by atoms with Crippen molar-refractivity contribution in [1.82, 2.24) is 9.80 Å². The summed E-state index contributed by atoms with van der Waals surface area (Å²) in [6.45, 7) is 20.8. The van der Waals surface area contributed by atoms with Crippen LogP contribution in [0.2, 0.25) is 0 Å². The molecule has 0 N–H and O–H groups in total. The van der Waals surface area contributed by atoms with Gasteiger partial charge in [0.15, 0.2) is 0 Å². The highest BCUT2D eigenvalue weighted by molar-refractivity contribution is 4.91. The number of hydrogen-bond donors (Lipinski definition) is 0. The lowest BCUT2D eigenvalue weighted by atomic mass is 9.76. The smallest absolute Gasteiger partial charge is 0.0125 e. The minimum absolute atomic E-state index is 0.359. The van der Waals surface area contributed by atoms with Crippen LogP contribution >= 0.6 is 0 Å². The Morgan fingerprint density at radius 2 is 1.56 bits per heavy atom. The first-order chi connectivity index (χ1) is 8.16. The molecule has 2 rings (SSSR count). The molecule has 2 heterocycles. The first kappa shape index (κ1) is 14.3. The third-order valence-corrected chi connectivity index (χ3v) is 4.93. The molecule has 2 aliphatic heterocycles. The molecule has 0 aliphatic carbocycles. The summed E-state index contributed by atoms with van der Waals surface area (Å²) in [4.78, 5) is 5.32. The fourth-order valence-electron chi connectivity index (χ4n) is 3.22. The SMILES string of the molecule is CC(C)(C)C1CN(C[C@@H]2CCN(C(C)(C)C)C2)C1. The Bertz CT molecular complexity index is 278. The third-order valence-electron chi connectivity index (χ3n) is 4.93. The van der Waals surface area contributed by atoms with Gasteiger partial charge in [-0.15, -0.1) is 0 Å². The van der Waals surface area contributed by atoms with Crippen LogP contribution in [-0.4, -0.2) is 48.1 Å². The fraction of sp³-hybridized carbons (Fsp3) is 1.00. The Morgan fingerprint density at radius 1 is 0.944 bits per heavy atom. The summed E-state index contributed by atoms with van der Waals surface area (Å²) in [6, 6.07) is 0. The molecule has 106 valence electrons. The van der Waals surface area contributed by atoms with Crippen molar-refractivity contribution < 1.29 is 0 Å². The Hall–Kier alpha value is -0.0800. The lowest BCUT2D eigenvalue weighted by molar-refractivity contribution is 0.0138. The minimum atomic E-state index is 0.359. The Morgan fingerprint density at radius 3 is 2.00 bits per heavy atom. The molecular formula is C16H32N2. The standard InChI is InChI=1S/C16H32N2/c1-15(2,3)14-11-17(12-14)9-13-7-8-18(10-13)16(4,5)6/h13-14H,7-12H2,1-6H3/t13-/m0/s1. The van der Waals surface area contributed by atoms with E-state index in [-0.39, 0.29) is 0 Å². The van der Waals surface area contributed by atoms with Crippen molar-refractivity contribution in [2.24, 2.45) is 17.3 Å². The minimum Gasteiger partial charge on any atom is -0.302 e. The van der Waals surface area contributed by atoms with E-state index >= 15 is 0 Å². The van der Waals surface area contributed by atoms with Crippen LogP contribution in [0.1, 0.15) is 48.0 Å². The normalized spacial score (nSPS) is 28.7. The lowest BCUT2D eigenvalue weighted by Gasteiger charge is -2.47. The predicted octanol–water partition coefficient (Wildman–Crippen LogP) is 3.08. The summed E-state index contributed by atoms with van der Waals surface area (Å²) in [5, 5.41) is 0. The molecule has 18 heavy (non-hydrogen) atoms. The van der Waals surface area contributed by atoms with Crippen molar-refractivity contribution in [2.45, 2.75) is 53.5 Å². The summed E-state index contributed by atoms with van der Waals surface area (Å²) in [7, 11) is 0. The molecule has 2 heteroatoms. The van der Waals surface area contributed by atoms with Gasteiger partial charge in [0.1, 0.15) is 0 Å². The van der Waals surface area contributed by atoms with Crippen LogP contribution in [-0.2, 0) is 0 Å². The number of rotatable bonds is 2. The maximum absolute atomic E-state index is 2.67. The summed E-state index contributed by atoms with van der Waals surface area (Å²) in [5.41, 5.74) is 0.862. The van der Waals surface area contributed by atoms with E-state index in [9.17, 15) is 0 Å². The van der Waals surface area contributed by atoms with Crippen molar-refractivity contribution in [3.05, 3.63) is 0 Å². The van der Waals surface area contributed by atoms with Gasteiger partial charge in [-0.1, -0.05) is 20.8 Å². The molecule has 0 amide bonds. The van der Waals surface area contributed by atoms with E-state index in [2.05, 4.69) is 51.3 Å². The van der Waals surface area contributed by atoms with Gasteiger partial charge in [0.25, 0.3) is 0 Å². The molecule has 2 saturated heterocycles. The van der Waals surface area contributed by atoms with Crippen molar-refractivity contribution in [1.29, 1.82) is 0 Å². The van der Waals surface area contributed by atoms with Crippen LogP contribution < -0.4 is 0 Å². The summed E-state index contributed by atoms with van der Waals surface area (Å²) < 4.78 is 0. The van der Waals surface area contributed by atoms with Crippen molar-refractivity contribution in [3.8, 4) is 0 Å². The molecule has 0 spiro atoms. The molecule has 0 aromatic rings. The molecule has 0 bridgehead atoms. The summed E-state index contributed by atoms with van der Waals surface area (Å²) in [5.74, 6) is 1.82. The van der Waals surface area contributed by atoms with E-state index in [4.69, 9.17) is 0 Å². The van der Waals surface area contributed by atoms with Crippen LogP contribution in [0.4, 0.5) is 0 Å². The van der Waals surface area contributed by atoms with Gasteiger partial charge in [-0.05, 0) is 51.0 Å². The number of nitrogens with zero attached hydrogens (tertiary/aromatic N) is 2. The molecular weight excluding hydrogens is 220 g/mol. The molecule has 1 atom stereocenters. The molecule has 0 radical (unpaired) electrons. The first-order valence-electron chi connectivity index (χ1n) is 7.63. The average Bonchev–Trinajstić information content (AvgIpc) is 2.55. The quantitative estimate of drug-likeness (QED) is 0.745. The Balaban J connectivity index is 1.71. The van der Waals surface area contributed by atoms with Gasteiger partial charge in [-0.3, -0.25) is 4.90 Å². The van der Waals surface area contributed by atoms with Gasteiger partial charge < -0.3 is 4.90 Å². The maximum atomic E-state index is 2.67. The molecule has 0 saturated carbocycles. The fourth-order valence-corrected chi connectivity index (χ4v) is 3.22. The van der Waals surface area contributed by atoms with Crippen molar-refractivity contribution in [2.75, 3.05) is 32.7 Å². The van der Waals surface area contributed by atoms with Gasteiger partial charge in [0, 0.05) is 31.7 Å². The van der Waals surface area contributed by atoms with Gasteiger partial charge in [0.05, 0.1) is 0 Å². The van der Waals surface area contributed by atoms with Crippen LogP contribution in [0.25, 0.3) is 0 Å². The van der Waals surface area contributed by atoms with Gasteiger partial charge in [-0.2, -0.15) is 0 Å². The second-order valence-electron chi connectivity index (χ2n) is 8.55. The zero-order chi connectivity index (χ0) is 13.6. The maximum Gasteiger partial charge on any atom is 0.0125 e. The molecule has 0 aromatic carbocycles. The monoisotopic (exact) mass is 252 g/mol. The second kappa shape index (κ2) is 4.79. The van der Waals surface area contributed by atoms with Crippen molar-refractivity contribution >= 4 is 0 Å². The van der Waals surface area contributed by atoms with E-state index in [0.717, 1.165) is 11.8 Å². The Kier molecular flexibility index (Phi) is 3.81. The van der Waals surface area contributed by atoms with Crippen LogP contribution in [0.15, 0.2) is 0 Å². The summed E-state index contributed by atoms with van der Waals surface area (Å²) in [6.07, 6.45) is 1.40. The van der Waals surface area contributed by atoms with E-state index < -0.39 is 0 Å². The van der Waals surface area contributed by atoms with Crippen LogP contribution in [0.5, 0.6) is 0 Å². The summed E-state index contributed by atoms with van der Waals surface area (Å²) >= 11 is 0. The molecule has 2 nitrogen and oxygen atoms in total. The zero-order valence-corrected chi connectivity index (χ0v) is 13.3. The van der Waals surface area contributed by atoms with Crippen LogP contribution in [0.3, 0.4) is 0 Å². The number of likely N-dealkylation sites (tertiary alicyclic amines) is 2. The highest BCUT2D eigenvalue weighted by Crippen LogP contribution is 2.35.